The summed E-state index contributed by atoms with van der Waals surface area (Å²) in [6, 6.07) is 4.58. The van der Waals surface area contributed by atoms with Gasteiger partial charge in [0.25, 0.3) is 0 Å². The molecule has 0 saturated heterocycles. The summed E-state index contributed by atoms with van der Waals surface area (Å²) in [6.07, 6.45) is 2.14. The van der Waals surface area contributed by atoms with Crippen LogP contribution in [0.1, 0.15) is 44.1 Å². The van der Waals surface area contributed by atoms with Gasteiger partial charge in [-0.2, -0.15) is 0 Å². The number of aryl methyl sites for hydroxylation is 2. The average molecular weight is 280 g/mol. The van der Waals surface area contributed by atoms with Gasteiger partial charge in [0.15, 0.2) is 5.58 Å². The Kier molecular flexibility index (Phi) is 4.54. The van der Waals surface area contributed by atoms with Gasteiger partial charge in [-0.3, -0.25) is 0 Å². The van der Waals surface area contributed by atoms with E-state index in [0.717, 1.165) is 30.7 Å². The minimum Gasteiger partial charge on any atom is -0.458 e. The molecule has 2 nitrogen and oxygen atoms in total. The van der Waals surface area contributed by atoms with Crippen LogP contribution in [-0.4, -0.2) is 6.04 Å². The van der Waals surface area contributed by atoms with Crippen LogP contribution in [0.2, 0.25) is 5.02 Å². The predicted octanol–water partition coefficient (Wildman–Crippen LogP) is 4.85. The highest BCUT2D eigenvalue weighted by atomic mass is 35.5. The van der Waals surface area contributed by atoms with Crippen molar-refractivity contribution in [1.29, 1.82) is 0 Å². The van der Waals surface area contributed by atoms with Crippen molar-refractivity contribution in [3.63, 3.8) is 0 Å². The van der Waals surface area contributed by atoms with Gasteiger partial charge in [0.2, 0.25) is 0 Å². The lowest BCUT2D eigenvalue weighted by atomic mass is 10.0. The molecule has 0 atom stereocenters. The molecule has 1 aromatic carbocycles. The largest absolute Gasteiger partial charge is 0.458 e. The summed E-state index contributed by atoms with van der Waals surface area (Å²) in [7, 11) is 0. The molecule has 19 heavy (non-hydrogen) atoms. The molecule has 104 valence electrons. The Morgan fingerprint density at radius 2 is 2.05 bits per heavy atom. The summed E-state index contributed by atoms with van der Waals surface area (Å²) in [5.41, 5.74) is 3.31. The Bertz CT molecular complexity index is 572. The van der Waals surface area contributed by atoms with Gasteiger partial charge < -0.3 is 9.73 Å². The Morgan fingerprint density at radius 3 is 2.68 bits per heavy atom. The molecule has 2 aromatic rings. The molecule has 0 unspecified atom stereocenters. The number of hydrogen-bond acceptors (Lipinski definition) is 2. The van der Waals surface area contributed by atoms with Crippen LogP contribution in [0.4, 0.5) is 0 Å². The van der Waals surface area contributed by atoms with E-state index in [-0.39, 0.29) is 0 Å². The Balaban J connectivity index is 2.50. The van der Waals surface area contributed by atoms with Crippen molar-refractivity contribution in [1.82, 2.24) is 5.32 Å². The number of fused-ring (bicyclic) bond motifs is 1. The predicted molar refractivity (Wildman–Crippen MR) is 81.9 cm³/mol. The number of hydrogen-bond donors (Lipinski definition) is 1. The molecule has 3 heteroatoms. The normalized spacial score (nSPS) is 11.7. The first-order valence-corrected chi connectivity index (χ1v) is 7.34. The minimum absolute atomic E-state index is 0.444. The first kappa shape index (κ1) is 14.4. The highest BCUT2D eigenvalue weighted by Crippen LogP contribution is 2.33. The van der Waals surface area contributed by atoms with Crippen LogP contribution in [0.5, 0.6) is 0 Å². The summed E-state index contributed by atoms with van der Waals surface area (Å²) >= 11 is 6.30. The number of halogens is 1. The Morgan fingerprint density at radius 1 is 1.32 bits per heavy atom. The maximum Gasteiger partial charge on any atom is 0.153 e. The van der Waals surface area contributed by atoms with E-state index in [2.05, 4.69) is 39.1 Å². The minimum atomic E-state index is 0.444. The second kappa shape index (κ2) is 5.98. The van der Waals surface area contributed by atoms with Gasteiger partial charge in [0.05, 0.1) is 11.6 Å². The van der Waals surface area contributed by atoms with E-state index in [1.165, 1.54) is 16.5 Å². The van der Waals surface area contributed by atoms with Crippen LogP contribution in [0.25, 0.3) is 11.0 Å². The number of benzene rings is 1. The summed E-state index contributed by atoms with van der Waals surface area (Å²) in [6.45, 7) is 9.30. The van der Waals surface area contributed by atoms with Crippen molar-refractivity contribution >= 4 is 22.6 Å². The Hall–Kier alpha value is -0.990. The third-order valence-corrected chi connectivity index (χ3v) is 3.53. The summed E-state index contributed by atoms with van der Waals surface area (Å²) in [5, 5.41) is 5.30. The lowest BCUT2D eigenvalue weighted by Crippen LogP contribution is -2.22. The van der Waals surface area contributed by atoms with Gasteiger partial charge in [-0.15, -0.1) is 0 Å². The van der Waals surface area contributed by atoms with Gasteiger partial charge in [-0.05, 0) is 31.0 Å². The molecule has 0 spiro atoms. The quantitative estimate of drug-likeness (QED) is 0.847. The van der Waals surface area contributed by atoms with E-state index in [4.69, 9.17) is 16.0 Å². The summed E-state index contributed by atoms with van der Waals surface area (Å²) in [4.78, 5) is 0. The standard InChI is InChI=1S/C16H22ClNO/c1-5-6-12-13-7-11(4)8-14(17)16(13)19-15(12)9-18-10(2)3/h7-8,10,18H,5-6,9H2,1-4H3. The van der Waals surface area contributed by atoms with Crippen molar-refractivity contribution in [2.75, 3.05) is 0 Å². The van der Waals surface area contributed by atoms with Crippen LogP contribution in [0, 0.1) is 6.92 Å². The molecular weight excluding hydrogens is 258 g/mol. The second-order valence-corrected chi connectivity index (χ2v) is 5.82. The molecular formula is C16H22ClNO. The zero-order valence-corrected chi connectivity index (χ0v) is 12.9. The van der Waals surface area contributed by atoms with Crippen molar-refractivity contribution < 1.29 is 4.42 Å². The summed E-state index contributed by atoms with van der Waals surface area (Å²) < 4.78 is 5.99. The van der Waals surface area contributed by atoms with Crippen LogP contribution in [0.3, 0.4) is 0 Å². The average Bonchev–Trinajstić information content (AvgIpc) is 2.66. The van der Waals surface area contributed by atoms with Gasteiger partial charge in [0, 0.05) is 17.0 Å². The smallest absolute Gasteiger partial charge is 0.153 e. The second-order valence-electron chi connectivity index (χ2n) is 5.41. The lowest BCUT2D eigenvalue weighted by molar-refractivity contribution is 0.483. The van der Waals surface area contributed by atoms with Gasteiger partial charge in [0.1, 0.15) is 5.76 Å². The molecule has 0 radical (unpaired) electrons. The van der Waals surface area contributed by atoms with E-state index in [0.29, 0.717) is 11.1 Å². The van der Waals surface area contributed by atoms with Crippen LogP contribution in [-0.2, 0) is 13.0 Å². The molecule has 0 fully saturated rings. The topological polar surface area (TPSA) is 25.2 Å². The molecule has 0 aliphatic heterocycles. The van der Waals surface area contributed by atoms with E-state index in [1.807, 2.05) is 6.07 Å². The van der Waals surface area contributed by atoms with E-state index >= 15 is 0 Å². The van der Waals surface area contributed by atoms with Crippen molar-refractivity contribution in [2.24, 2.45) is 0 Å². The van der Waals surface area contributed by atoms with Crippen molar-refractivity contribution in [2.45, 2.75) is 53.1 Å². The van der Waals surface area contributed by atoms with Crippen molar-refractivity contribution in [3.05, 3.63) is 34.0 Å². The van der Waals surface area contributed by atoms with Crippen LogP contribution < -0.4 is 5.32 Å². The Labute approximate surface area is 120 Å². The molecule has 0 saturated carbocycles. The fourth-order valence-corrected chi connectivity index (χ4v) is 2.67. The van der Waals surface area contributed by atoms with E-state index in [9.17, 15) is 0 Å². The number of nitrogens with one attached hydrogen (secondary N) is 1. The maximum atomic E-state index is 6.30. The van der Waals surface area contributed by atoms with Crippen LogP contribution >= 0.6 is 11.6 Å². The lowest BCUT2D eigenvalue weighted by Gasteiger charge is -2.07. The zero-order chi connectivity index (χ0) is 14.0. The van der Waals surface area contributed by atoms with Gasteiger partial charge in [-0.1, -0.05) is 38.8 Å². The summed E-state index contributed by atoms with van der Waals surface area (Å²) in [5.74, 6) is 1.03. The number of rotatable bonds is 5. The molecule has 0 bridgehead atoms. The highest BCUT2D eigenvalue weighted by molar-refractivity contribution is 6.35. The molecule has 0 aliphatic carbocycles. The van der Waals surface area contributed by atoms with Gasteiger partial charge in [-0.25, -0.2) is 0 Å². The van der Waals surface area contributed by atoms with E-state index < -0.39 is 0 Å². The van der Waals surface area contributed by atoms with Gasteiger partial charge >= 0.3 is 0 Å². The molecule has 0 amide bonds. The fraction of sp³-hybridized carbons (Fsp3) is 0.500. The SMILES string of the molecule is CCCc1c(CNC(C)C)oc2c(Cl)cc(C)cc12. The molecule has 1 heterocycles. The third-order valence-electron chi connectivity index (χ3n) is 3.25. The first-order chi connectivity index (χ1) is 9.02. The fourth-order valence-electron chi connectivity index (χ4n) is 2.36. The monoisotopic (exact) mass is 279 g/mol. The number of furan rings is 1. The molecule has 2 rings (SSSR count). The zero-order valence-electron chi connectivity index (χ0n) is 12.1. The third kappa shape index (κ3) is 3.13. The first-order valence-electron chi connectivity index (χ1n) is 6.96. The van der Waals surface area contributed by atoms with E-state index in [1.54, 1.807) is 0 Å². The molecule has 1 N–H and O–H groups in total. The molecule has 0 aliphatic rings. The highest BCUT2D eigenvalue weighted by Gasteiger charge is 2.16. The molecule has 1 aromatic heterocycles. The van der Waals surface area contributed by atoms with Crippen LogP contribution in [0.15, 0.2) is 16.5 Å². The van der Waals surface area contributed by atoms with Crippen molar-refractivity contribution in [3.8, 4) is 0 Å². The maximum absolute atomic E-state index is 6.30.